The normalized spacial score (nSPS) is 21.8. The monoisotopic (exact) mass is 274 g/mol. The van der Waals surface area contributed by atoms with Gasteiger partial charge in [0.15, 0.2) is 0 Å². The topological polar surface area (TPSA) is 20.2 Å². The van der Waals surface area contributed by atoms with Crippen LogP contribution in [0.4, 0.5) is 8.78 Å². The number of hydrogen-bond acceptors (Lipinski definition) is 1. The molecule has 0 radical (unpaired) electrons. The number of alkyl halides is 2. The summed E-state index contributed by atoms with van der Waals surface area (Å²) >= 11 is 0. The average molecular weight is 274 g/mol. The van der Waals surface area contributed by atoms with Crippen molar-refractivity contribution in [3.05, 3.63) is 71.3 Å². The Kier molecular flexibility index (Phi) is 3.30. The highest BCUT2D eigenvalue weighted by Crippen LogP contribution is 2.44. The fraction of sp³-hybridized carbons (Fsp3) is 0.294. The van der Waals surface area contributed by atoms with Crippen molar-refractivity contribution in [1.82, 2.24) is 0 Å². The van der Waals surface area contributed by atoms with Gasteiger partial charge < -0.3 is 5.11 Å². The molecular weight excluding hydrogens is 258 g/mol. The Morgan fingerprint density at radius 3 is 2.35 bits per heavy atom. The molecule has 20 heavy (non-hydrogen) atoms. The molecule has 2 aromatic carbocycles. The van der Waals surface area contributed by atoms with Gasteiger partial charge in [-0.15, -0.1) is 0 Å². The Morgan fingerprint density at radius 2 is 1.65 bits per heavy atom. The Hall–Kier alpha value is -1.74. The summed E-state index contributed by atoms with van der Waals surface area (Å²) in [6.45, 7) is 0. The number of aliphatic hydroxyl groups is 1. The number of aliphatic hydroxyl groups excluding tert-OH is 1. The SMILES string of the molecule is OC1c2ccccc2CC1CC(F)(F)c1ccccc1. The van der Waals surface area contributed by atoms with Crippen molar-refractivity contribution < 1.29 is 13.9 Å². The van der Waals surface area contributed by atoms with Gasteiger partial charge in [-0.05, 0) is 23.5 Å². The van der Waals surface area contributed by atoms with Gasteiger partial charge in [-0.2, -0.15) is 0 Å². The molecular formula is C17H16F2O. The summed E-state index contributed by atoms with van der Waals surface area (Å²) in [5.74, 6) is -3.34. The lowest BCUT2D eigenvalue weighted by Crippen LogP contribution is -2.21. The van der Waals surface area contributed by atoms with Crippen LogP contribution in [-0.2, 0) is 12.3 Å². The van der Waals surface area contributed by atoms with Gasteiger partial charge in [-0.25, -0.2) is 8.78 Å². The highest BCUT2D eigenvalue weighted by atomic mass is 19.3. The smallest absolute Gasteiger partial charge is 0.273 e. The third kappa shape index (κ3) is 2.34. The molecule has 0 heterocycles. The lowest BCUT2D eigenvalue weighted by molar-refractivity contribution is -0.0469. The Balaban J connectivity index is 1.80. The van der Waals surface area contributed by atoms with Crippen molar-refractivity contribution in [2.45, 2.75) is 24.9 Å². The molecule has 1 N–H and O–H groups in total. The largest absolute Gasteiger partial charge is 0.388 e. The molecule has 0 amide bonds. The van der Waals surface area contributed by atoms with E-state index in [4.69, 9.17) is 0 Å². The Morgan fingerprint density at radius 1 is 1.00 bits per heavy atom. The molecule has 1 aliphatic rings. The molecule has 3 rings (SSSR count). The van der Waals surface area contributed by atoms with Crippen LogP contribution in [0.2, 0.25) is 0 Å². The van der Waals surface area contributed by atoms with Crippen LogP contribution >= 0.6 is 0 Å². The Bertz CT molecular complexity index is 595. The average Bonchev–Trinajstić information content (AvgIpc) is 2.76. The van der Waals surface area contributed by atoms with Crippen LogP contribution in [-0.4, -0.2) is 5.11 Å². The van der Waals surface area contributed by atoms with Gasteiger partial charge in [0.05, 0.1) is 6.10 Å². The third-order valence-electron chi connectivity index (χ3n) is 4.02. The van der Waals surface area contributed by atoms with E-state index in [-0.39, 0.29) is 12.0 Å². The van der Waals surface area contributed by atoms with Crippen LogP contribution in [0.25, 0.3) is 0 Å². The zero-order valence-corrected chi connectivity index (χ0v) is 11.0. The first-order valence-electron chi connectivity index (χ1n) is 6.77. The highest BCUT2D eigenvalue weighted by Gasteiger charge is 2.40. The minimum atomic E-state index is -2.91. The highest BCUT2D eigenvalue weighted by molar-refractivity contribution is 5.35. The number of fused-ring (bicyclic) bond motifs is 1. The minimum Gasteiger partial charge on any atom is -0.388 e. The van der Waals surface area contributed by atoms with Gasteiger partial charge in [0.1, 0.15) is 0 Å². The van der Waals surface area contributed by atoms with E-state index >= 15 is 0 Å². The molecule has 2 atom stereocenters. The molecule has 2 aromatic rings. The van der Waals surface area contributed by atoms with Crippen LogP contribution in [0.3, 0.4) is 0 Å². The lowest BCUT2D eigenvalue weighted by atomic mass is 9.92. The van der Waals surface area contributed by atoms with E-state index in [1.165, 1.54) is 12.1 Å². The van der Waals surface area contributed by atoms with Crippen LogP contribution in [0.5, 0.6) is 0 Å². The zero-order valence-electron chi connectivity index (χ0n) is 11.0. The lowest BCUT2D eigenvalue weighted by Gasteiger charge is -2.23. The van der Waals surface area contributed by atoms with E-state index < -0.39 is 17.9 Å². The number of hydrogen-bond donors (Lipinski definition) is 1. The van der Waals surface area contributed by atoms with Crippen LogP contribution in [0.1, 0.15) is 29.2 Å². The molecule has 104 valence electrons. The molecule has 0 saturated heterocycles. The maximum absolute atomic E-state index is 14.3. The Labute approximate surface area is 116 Å². The third-order valence-corrected chi connectivity index (χ3v) is 4.02. The molecule has 2 unspecified atom stereocenters. The summed E-state index contributed by atoms with van der Waals surface area (Å²) < 4.78 is 28.6. The second kappa shape index (κ2) is 4.98. The summed E-state index contributed by atoms with van der Waals surface area (Å²) in [5, 5.41) is 10.2. The molecule has 0 bridgehead atoms. The summed E-state index contributed by atoms with van der Waals surface area (Å²) in [7, 11) is 0. The molecule has 1 aliphatic carbocycles. The number of halogens is 2. The molecule has 0 saturated carbocycles. The van der Waals surface area contributed by atoms with E-state index in [0.29, 0.717) is 6.42 Å². The van der Waals surface area contributed by atoms with Gasteiger partial charge in [0.25, 0.3) is 5.92 Å². The summed E-state index contributed by atoms with van der Waals surface area (Å²) in [4.78, 5) is 0. The van der Waals surface area contributed by atoms with E-state index in [1.807, 2.05) is 24.3 Å². The maximum Gasteiger partial charge on any atom is 0.273 e. The second-order valence-corrected chi connectivity index (χ2v) is 5.38. The first kappa shape index (κ1) is 13.3. The predicted octanol–water partition coefficient (Wildman–Crippen LogP) is 4.07. The maximum atomic E-state index is 14.3. The van der Waals surface area contributed by atoms with E-state index in [0.717, 1.165) is 11.1 Å². The van der Waals surface area contributed by atoms with Gasteiger partial charge >= 0.3 is 0 Å². The van der Waals surface area contributed by atoms with E-state index in [1.54, 1.807) is 18.2 Å². The van der Waals surface area contributed by atoms with Crippen LogP contribution < -0.4 is 0 Å². The van der Waals surface area contributed by atoms with Crippen LogP contribution in [0, 0.1) is 5.92 Å². The van der Waals surface area contributed by atoms with E-state index in [2.05, 4.69) is 0 Å². The first-order valence-corrected chi connectivity index (χ1v) is 6.77. The van der Waals surface area contributed by atoms with Crippen molar-refractivity contribution in [1.29, 1.82) is 0 Å². The first-order chi connectivity index (χ1) is 9.58. The number of benzene rings is 2. The van der Waals surface area contributed by atoms with Crippen LogP contribution in [0.15, 0.2) is 54.6 Å². The molecule has 1 nitrogen and oxygen atoms in total. The molecule has 0 aromatic heterocycles. The molecule has 0 fully saturated rings. The minimum absolute atomic E-state index is 0.0168. The van der Waals surface area contributed by atoms with E-state index in [9.17, 15) is 13.9 Å². The standard InChI is InChI=1S/C17H16F2O/c18-17(19,14-7-2-1-3-8-14)11-13-10-12-6-4-5-9-15(12)16(13)20/h1-9,13,16,20H,10-11H2. The molecule has 0 aliphatic heterocycles. The quantitative estimate of drug-likeness (QED) is 0.894. The fourth-order valence-corrected chi connectivity index (χ4v) is 2.97. The number of rotatable bonds is 3. The predicted molar refractivity (Wildman–Crippen MR) is 73.5 cm³/mol. The van der Waals surface area contributed by atoms with Crippen molar-refractivity contribution in [2.75, 3.05) is 0 Å². The van der Waals surface area contributed by atoms with Gasteiger partial charge in [-0.1, -0.05) is 54.6 Å². The molecule has 0 spiro atoms. The van der Waals surface area contributed by atoms with Gasteiger partial charge in [-0.3, -0.25) is 0 Å². The summed E-state index contributed by atoms with van der Waals surface area (Å²) in [6.07, 6.45) is -0.604. The van der Waals surface area contributed by atoms with Crippen molar-refractivity contribution in [2.24, 2.45) is 5.92 Å². The van der Waals surface area contributed by atoms with Crippen molar-refractivity contribution >= 4 is 0 Å². The van der Waals surface area contributed by atoms with Crippen molar-refractivity contribution in [3.8, 4) is 0 Å². The van der Waals surface area contributed by atoms with Gasteiger partial charge in [0, 0.05) is 12.0 Å². The summed E-state index contributed by atoms with van der Waals surface area (Å²) in [5.41, 5.74) is 1.79. The van der Waals surface area contributed by atoms with Crippen molar-refractivity contribution in [3.63, 3.8) is 0 Å². The fourth-order valence-electron chi connectivity index (χ4n) is 2.97. The second-order valence-electron chi connectivity index (χ2n) is 5.38. The van der Waals surface area contributed by atoms with Gasteiger partial charge in [0.2, 0.25) is 0 Å². The molecule has 3 heteroatoms. The zero-order chi connectivity index (χ0) is 14.2. The summed E-state index contributed by atoms with van der Waals surface area (Å²) in [6, 6.07) is 15.3.